The Balaban J connectivity index is 1.95. The Kier molecular flexibility index (Phi) is 5.66. The van der Waals surface area contributed by atoms with E-state index < -0.39 is 0 Å². The lowest BCUT2D eigenvalue weighted by Crippen LogP contribution is -2.03. The van der Waals surface area contributed by atoms with Crippen LogP contribution in [0, 0.1) is 27.7 Å². The molecule has 3 heteroatoms. The number of carbonyl (C=O) groups excluding carboxylic acids is 1. The van der Waals surface area contributed by atoms with Crippen LogP contribution in [0.1, 0.15) is 46.2 Å². The van der Waals surface area contributed by atoms with Gasteiger partial charge in [-0.25, -0.2) is 0 Å². The second kappa shape index (κ2) is 7.52. The Morgan fingerprint density at radius 1 is 0.750 bits per heavy atom. The van der Waals surface area contributed by atoms with E-state index in [1.807, 2.05) is 52.0 Å². The molecule has 0 aromatic heterocycles. The molecule has 0 atom stereocenters. The minimum atomic E-state index is 0.145. The van der Waals surface area contributed by atoms with Gasteiger partial charge in [0.1, 0.15) is 17.3 Å². The highest BCUT2D eigenvalue weighted by Crippen LogP contribution is 2.27. The molecule has 0 amide bonds. The van der Waals surface area contributed by atoms with Crippen molar-refractivity contribution in [3.05, 3.63) is 57.6 Å². The van der Waals surface area contributed by atoms with Crippen LogP contribution in [0.2, 0.25) is 0 Å². The minimum absolute atomic E-state index is 0.145. The van der Waals surface area contributed by atoms with E-state index in [-0.39, 0.29) is 5.78 Å². The fourth-order valence-corrected chi connectivity index (χ4v) is 3.15. The molecule has 128 valence electrons. The zero-order chi connectivity index (χ0) is 17.9. The van der Waals surface area contributed by atoms with Gasteiger partial charge in [0.15, 0.2) is 0 Å². The lowest BCUT2D eigenvalue weighted by molar-refractivity contribution is -0.119. The number of phenolic OH excluding ortho intramolecular Hbond substituents is 2. The van der Waals surface area contributed by atoms with Crippen molar-refractivity contribution in [2.24, 2.45) is 0 Å². The van der Waals surface area contributed by atoms with Crippen molar-refractivity contribution in [2.75, 3.05) is 0 Å². The number of aromatic hydroxyl groups is 2. The number of rotatable bonds is 6. The maximum atomic E-state index is 12.2. The Morgan fingerprint density at radius 2 is 1.12 bits per heavy atom. The highest BCUT2D eigenvalue weighted by Gasteiger charge is 2.11. The third-order valence-electron chi connectivity index (χ3n) is 4.39. The first-order valence-electron chi connectivity index (χ1n) is 8.37. The number of Topliss-reactive ketones (excluding diaryl/α,β-unsaturated/α-hetero) is 1. The van der Waals surface area contributed by atoms with E-state index in [1.54, 1.807) is 0 Å². The summed E-state index contributed by atoms with van der Waals surface area (Å²) in [5.41, 5.74) is 5.53. The van der Waals surface area contributed by atoms with Crippen LogP contribution >= 0.6 is 0 Å². The molecule has 0 unspecified atom stereocenters. The number of phenols is 2. The molecular formula is C21H26O3. The van der Waals surface area contributed by atoms with Gasteiger partial charge in [-0.2, -0.15) is 0 Å². The molecule has 0 saturated carbocycles. The van der Waals surface area contributed by atoms with Gasteiger partial charge >= 0.3 is 0 Å². The fraction of sp³-hybridized carbons (Fsp3) is 0.381. The zero-order valence-electron chi connectivity index (χ0n) is 14.9. The van der Waals surface area contributed by atoms with Crippen molar-refractivity contribution in [3.8, 4) is 11.5 Å². The van der Waals surface area contributed by atoms with E-state index >= 15 is 0 Å². The number of hydrogen-bond acceptors (Lipinski definition) is 3. The molecule has 0 aliphatic heterocycles. The van der Waals surface area contributed by atoms with Crippen LogP contribution in [0.25, 0.3) is 0 Å². The molecule has 0 saturated heterocycles. The summed E-state index contributed by atoms with van der Waals surface area (Å²) in [4.78, 5) is 12.2. The third-order valence-corrected chi connectivity index (χ3v) is 4.39. The highest BCUT2D eigenvalue weighted by atomic mass is 16.3. The summed E-state index contributed by atoms with van der Waals surface area (Å²) < 4.78 is 0. The topological polar surface area (TPSA) is 57.5 Å². The summed E-state index contributed by atoms with van der Waals surface area (Å²) in [7, 11) is 0. The maximum absolute atomic E-state index is 12.2. The molecule has 2 rings (SSSR count). The van der Waals surface area contributed by atoms with Crippen LogP contribution < -0.4 is 0 Å². The van der Waals surface area contributed by atoms with Crippen molar-refractivity contribution in [2.45, 2.75) is 53.4 Å². The molecular weight excluding hydrogens is 300 g/mol. The van der Waals surface area contributed by atoms with Crippen LogP contribution in [-0.2, 0) is 17.6 Å². The molecule has 2 aromatic rings. The number of ketones is 1. The Bertz CT molecular complexity index is 697. The van der Waals surface area contributed by atoms with Crippen LogP contribution in [0.3, 0.4) is 0 Å². The quantitative estimate of drug-likeness (QED) is 0.823. The van der Waals surface area contributed by atoms with E-state index in [9.17, 15) is 15.0 Å². The second-order valence-electron chi connectivity index (χ2n) is 6.72. The number of aryl methyl sites for hydroxylation is 6. The van der Waals surface area contributed by atoms with Crippen molar-refractivity contribution < 1.29 is 15.0 Å². The third kappa shape index (κ3) is 4.38. The van der Waals surface area contributed by atoms with Crippen molar-refractivity contribution in [3.63, 3.8) is 0 Å². The number of benzene rings is 2. The summed E-state index contributed by atoms with van der Waals surface area (Å²) >= 11 is 0. The Morgan fingerprint density at radius 3 is 1.50 bits per heavy atom. The maximum Gasteiger partial charge on any atom is 0.133 e. The number of hydrogen-bond donors (Lipinski definition) is 2. The van der Waals surface area contributed by atoms with Gasteiger partial charge in [0.05, 0.1) is 0 Å². The zero-order valence-corrected chi connectivity index (χ0v) is 14.9. The monoisotopic (exact) mass is 326 g/mol. The normalized spacial score (nSPS) is 10.8. The second-order valence-corrected chi connectivity index (χ2v) is 6.72. The molecule has 24 heavy (non-hydrogen) atoms. The van der Waals surface area contributed by atoms with Gasteiger partial charge in [-0.1, -0.05) is 35.4 Å². The lowest BCUT2D eigenvalue weighted by atomic mass is 9.97. The first-order valence-corrected chi connectivity index (χ1v) is 8.37. The standard InChI is InChI=1S/C21H26O3/c1-13-9-15(3)20(23)17(11-13)5-7-19(22)8-6-18-12-14(2)10-16(4)21(18)24/h9-12,23-24H,5-8H2,1-4H3. The van der Waals surface area contributed by atoms with Gasteiger partial charge in [-0.15, -0.1) is 0 Å². The van der Waals surface area contributed by atoms with Gasteiger partial charge in [-0.3, -0.25) is 4.79 Å². The average molecular weight is 326 g/mol. The summed E-state index contributed by atoms with van der Waals surface area (Å²) in [5, 5.41) is 20.2. The molecule has 2 aromatic carbocycles. The molecule has 0 aliphatic rings. The molecule has 0 aliphatic carbocycles. The summed E-state index contributed by atoms with van der Waals surface area (Å²) in [6, 6.07) is 7.74. The molecule has 0 spiro atoms. The van der Waals surface area contributed by atoms with Crippen LogP contribution in [0.15, 0.2) is 24.3 Å². The van der Waals surface area contributed by atoms with E-state index in [0.717, 1.165) is 33.4 Å². The Labute approximate surface area is 144 Å². The van der Waals surface area contributed by atoms with E-state index in [1.165, 1.54) is 0 Å². The summed E-state index contributed by atoms with van der Waals surface area (Å²) in [5.74, 6) is 0.729. The smallest absolute Gasteiger partial charge is 0.133 e. The van der Waals surface area contributed by atoms with Crippen LogP contribution in [0.4, 0.5) is 0 Å². The summed E-state index contributed by atoms with van der Waals surface area (Å²) in [6.45, 7) is 7.72. The molecule has 2 N–H and O–H groups in total. The number of carbonyl (C=O) groups is 1. The largest absolute Gasteiger partial charge is 0.507 e. The van der Waals surface area contributed by atoms with Gasteiger partial charge in [-0.05, 0) is 62.8 Å². The van der Waals surface area contributed by atoms with Gasteiger partial charge in [0.25, 0.3) is 0 Å². The van der Waals surface area contributed by atoms with Crippen molar-refractivity contribution in [1.82, 2.24) is 0 Å². The predicted molar refractivity (Wildman–Crippen MR) is 96.8 cm³/mol. The summed E-state index contributed by atoms with van der Waals surface area (Å²) in [6.07, 6.45) is 1.90. The van der Waals surface area contributed by atoms with Gasteiger partial charge in [0.2, 0.25) is 0 Å². The molecule has 0 radical (unpaired) electrons. The Hall–Kier alpha value is -2.29. The lowest BCUT2D eigenvalue weighted by Gasteiger charge is -2.10. The first-order chi connectivity index (χ1) is 11.3. The SMILES string of the molecule is Cc1cc(C)c(O)c(CCC(=O)CCc2cc(C)cc(C)c2O)c1. The molecule has 0 heterocycles. The van der Waals surface area contributed by atoms with Crippen LogP contribution in [0.5, 0.6) is 11.5 Å². The predicted octanol–water partition coefficient (Wildman–Crippen LogP) is 4.47. The first kappa shape index (κ1) is 18.1. The molecule has 3 nitrogen and oxygen atoms in total. The van der Waals surface area contributed by atoms with Gasteiger partial charge in [0, 0.05) is 12.8 Å². The fourth-order valence-electron chi connectivity index (χ4n) is 3.15. The highest BCUT2D eigenvalue weighted by molar-refractivity contribution is 5.79. The molecule has 0 fully saturated rings. The minimum Gasteiger partial charge on any atom is -0.507 e. The van der Waals surface area contributed by atoms with E-state index in [2.05, 4.69) is 0 Å². The van der Waals surface area contributed by atoms with Crippen molar-refractivity contribution >= 4 is 5.78 Å². The van der Waals surface area contributed by atoms with E-state index in [4.69, 9.17) is 0 Å². The van der Waals surface area contributed by atoms with Gasteiger partial charge < -0.3 is 10.2 Å². The van der Waals surface area contributed by atoms with Crippen LogP contribution in [-0.4, -0.2) is 16.0 Å². The van der Waals surface area contributed by atoms with E-state index in [0.29, 0.717) is 37.2 Å². The van der Waals surface area contributed by atoms with Crippen molar-refractivity contribution in [1.29, 1.82) is 0 Å². The molecule has 0 bridgehead atoms. The average Bonchev–Trinajstić information content (AvgIpc) is 2.51.